The molecule has 82 valence electrons. The highest BCUT2D eigenvalue weighted by atomic mass is 16.6. The van der Waals surface area contributed by atoms with Crippen molar-refractivity contribution in [3.63, 3.8) is 0 Å². The molecule has 0 amide bonds. The number of nitro groups is 1. The van der Waals surface area contributed by atoms with Crippen LogP contribution >= 0.6 is 0 Å². The molecular weight excluding hydrogens is 214 g/mol. The molecule has 0 aliphatic heterocycles. The first-order valence-electron chi connectivity index (χ1n) is 4.36. The number of fused-ring (bicyclic) bond motifs is 1. The van der Waals surface area contributed by atoms with E-state index in [0.29, 0.717) is 5.69 Å². The average molecular weight is 221 g/mol. The Labute approximate surface area is 89.1 Å². The van der Waals surface area contributed by atoms with Gasteiger partial charge in [-0.2, -0.15) is 0 Å². The minimum absolute atomic E-state index is 0.142. The molecular formula is C9H7N3O4. The Morgan fingerprint density at radius 2 is 2.25 bits per heavy atom. The van der Waals surface area contributed by atoms with E-state index in [1.807, 2.05) is 0 Å². The zero-order valence-electron chi connectivity index (χ0n) is 8.25. The molecule has 7 nitrogen and oxygen atoms in total. The van der Waals surface area contributed by atoms with Crippen LogP contribution in [0.3, 0.4) is 0 Å². The van der Waals surface area contributed by atoms with E-state index in [0.717, 1.165) is 6.07 Å². The molecule has 0 unspecified atom stereocenters. The molecule has 7 heteroatoms. The van der Waals surface area contributed by atoms with E-state index in [2.05, 4.69) is 4.98 Å². The van der Waals surface area contributed by atoms with Crippen LogP contribution in [0.4, 0.5) is 5.69 Å². The molecule has 0 bridgehead atoms. The van der Waals surface area contributed by atoms with Crippen LogP contribution in [0, 0.1) is 17.0 Å². The lowest BCUT2D eigenvalue weighted by molar-refractivity contribution is -0.383. The number of aromatic nitrogens is 2. The summed E-state index contributed by atoms with van der Waals surface area (Å²) in [6.07, 6.45) is 2.83. The molecule has 0 aliphatic carbocycles. The van der Waals surface area contributed by atoms with Crippen molar-refractivity contribution in [3.8, 4) is 0 Å². The topological polar surface area (TPSA) is 97.7 Å². The number of carbonyl (C=O) groups is 1. The lowest BCUT2D eigenvalue weighted by Crippen LogP contribution is -2.02. The fraction of sp³-hybridized carbons (Fsp3) is 0.111. The molecule has 2 rings (SSSR count). The van der Waals surface area contributed by atoms with Gasteiger partial charge in [0.05, 0.1) is 16.2 Å². The minimum Gasteiger partial charge on any atom is -0.478 e. The van der Waals surface area contributed by atoms with Gasteiger partial charge in [0, 0.05) is 18.5 Å². The maximum atomic E-state index is 10.8. The summed E-state index contributed by atoms with van der Waals surface area (Å²) in [5, 5.41) is 19.6. The molecule has 0 atom stereocenters. The molecule has 0 aromatic carbocycles. The second kappa shape index (κ2) is 3.30. The van der Waals surface area contributed by atoms with E-state index in [1.54, 1.807) is 6.92 Å². The molecule has 0 saturated carbocycles. The Hall–Kier alpha value is -2.44. The highest BCUT2D eigenvalue weighted by Gasteiger charge is 2.18. The van der Waals surface area contributed by atoms with Gasteiger partial charge in [0.25, 0.3) is 0 Å². The molecule has 2 aromatic heterocycles. The molecule has 2 heterocycles. The van der Waals surface area contributed by atoms with Crippen LogP contribution in [0.5, 0.6) is 0 Å². The highest BCUT2D eigenvalue weighted by Crippen LogP contribution is 2.21. The van der Waals surface area contributed by atoms with Crippen molar-refractivity contribution >= 4 is 17.3 Å². The van der Waals surface area contributed by atoms with Gasteiger partial charge in [-0.05, 0) is 6.92 Å². The molecule has 16 heavy (non-hydrogen) atoms. The van der Waals surface area contributed by atoms with Crippen molar-refractivity contribution in [3.05, 3.63) is 39.8 Å². The Kier molecular flexibility index (Phi) is 2.08. The predicted molar refractivity (Wildman–Crippen MR) is 53.5 cm³/mol. The number of nitrogens with zero attached hydrogens (tertiary/aromatic N) is 3. The summed E-state index contributed by atoms with van der Waals surface area (Å²) in [5.74, 6) is -1.21. The monoisotopic (exact) mass is 221 g/mol. The minimum atomic E-state index is -1.21. The van der Waals surface area contributed by atoms with Gasteiger partial charge in [0.2, 0.25) is 5.65 Å². The number of imidazole rings is 1. The Bertz CT molecular complexity index is 602. The average Bonchev–Trinajstić information content (AvgIpc) is 2.55. The van der Waals surface area contributed by atoms with Crippen LogP contribution < -0.4 is 0 Å². The molecule has 2 aromatic rings. The van der Waals surface area contributed by atoms with Gasteiger partial charge in [0.15, 0.2) is 0 Å². The van der Waals surface area contributed by atoms with Gasteiger partial charge >= 0.3 is 11.7 Å². The third-order valence-electron chi connectivity index (χ3n) is 2.10. The number of carboxylic acid groups (broad SMARTS) is 1. The van der Waals surface area contributed by atoms with Gasteiger partial charge in [-0.15, -0.1) is 0 Å². The predicted octanol–water partition coefficient (Wildman–Crippen LogP) is 1.25. The van der Waals surface area contributed by atoms with Crippen molar-refractivity contribution in [2.75, 3.05) is 0 Å². The Balaban J connectivity index is 2.83. The van der Waals surface area contributed by atoms with E-state index in [4.69, 9.17) is 5.11 Å². The second-order valence-corrected chi connectivity index (χ2v) is 3.29. The second-order valence-electron chi connectivity index (χ2n) is 3.29. The van der Waals surface area contributed by atoms with Gasteiger partial charge in [0.1, 0.15) is 0 Å². The van der Waals surface area contributed by atoms with Crippen LogP contribution in [0.2, 0.25) is 0 Å². The van der Waals surface area contributed by atoms with Crippen LogP contribution in [-0.4, -0.2) is 25.4 Å². The van der Waals surface area contributed by atoms with E-state index in [-0.39, 0.29) is 16.9 Å². The Morgan fingerprint density at radius 1 is 1.56 bits per heavy atom. The smallest absolute Gasteiger partial charge is 0.337 e. The lowest BCUT2D eigenvalue weighted by Gasteiger charge is -1.98. The number of rotatable bonds is 2. The maximum Gasteiger partial charge on any atom is 0.337 e. The standard InChI is InChI=1S/C9H7N3O4/c1-5-3-11-4-6(9(13)14)2-7(12(15)16)8(11)10-5/h2-4H,1H3,(H,13,14). The third kappa shape index (κ3) is 1.48. The van der Waals surface area contributed by atoms with Crippen molar-refractivity contribution in [1.29, 1.82) is 0 Å². The normalized spacial score (nSPS) is 10.6. The zero-order chi connectivity index (χ0) is 11.9. The van der Waals surface area contributed by atoms with Crippen LogP contribution in [0.15, 0.2) is 18.5 Å². The van der Waals surface area contributed by atoms with Crippen LogP contribution in [0.1, 0.15) is 16.1 Å². The van der Waals surface area contributed by atoms with E-state index >= 15 is 0 Å². The molecule has 0 radical (unpaired) electrons. The summed E-state index contributed by atoms with van der Waals surface area (Å²) in [4.78, 5) is 24.8. The number of pyridine rings is 1. The molecule has 0 fully saturated rings. The van der Waals surface area contributed by atoms with Gasteiger partial charge in [-0.1, -0.05) is 0 Å². The first-order chi connectivity index (χ1) is 7.49. The quantitative estimate of drug-likeness (QED) is 0.607. The summed E-state index contributed by atoms with van der Waals surface area (Å²) < 4.78 is 1.34. The summed E-state index contributed by atoms with van der Waals surface area (Å²) in [7, 11) is 0. The highest BCUT2D eigenvalue weighted by molar-refractivity contribution is 5.89. The molecule has 1 N–H and O–H groups in total. The molecule has 0 aliphatic rings. The summed E-state index contributed by atoms with van der Waals surface area (Å²) in [6.45, 7) is 1.68. The maximum absolute atomic E-state index is 10.8. The van der Waals surface area contributed by atoms with Gasteiger partial charge in [-0.3, -0.25) is 10.1 Å². The number of aromatic carboxylic acids is 1. The van der Waals surface area contributed by atoms with Gasteiger partial charge in [-0.25, -0.2) is 9.78 Å². The molecule has 0 saturated heterocycles. The van der Waals surface area contributed by atoms with E-state index in [1.165, 1.54) is 16.8 Å². The SMILES string of the molecule is Cc1cn2cc(C(=O)O)cc([N+](=O)[O-])c2n1. The number of carboxylic acids is 1. The van der Waals surface area contributed by atoms with Crippen LogP contribution in [-0.2, 0) is 0 Å². The zero-order valence-corrected chi connectivity index (χ0v) is 8.25. The number of hydrogen-bond acceptors (Lipinski definition) is 4. The summed E-state index contributed by atoms with van der Waals surface area (Å²) in [5.41, 5.74) is 0.280. The number of hydrogen-bond donors (Lipinski definition) is 1. The summed E-state index contributed by atoms with van der Waals surface area (Å²) >= 11 is 0. The third-order valence-corrected chi connectivity index (χ3v) is 2.10. The number of aryl methyl sites for hydroxylation is 1. The van der Waals surface area contributed by atoms with E-state index < -0.39 is 10.9 Å². The fourth-order valence-electron chi connectivity index (χ4n) is 1.45. The first kappa shape index (κ1) is 10.1. The molecule has 0 spiro atoms. The van der Waals surface area contributed by atoms with Crippen molar-refractivity contribution in [2.45, 2.75) is 6.92 Å². The summed E-state index contributed by atoms with van der Waals surface area (Å²) in [6, 6.07) is 1.00. The lowest BCUT2D eigenvalue weighted by atomic mass is 10.2. The van der Waals surface area contributed by atoms with Gasteiger partial charge < -0.3 is 9.51 Å². The fourth-order valence-corrected chi connectivity index (χ4v) is 1.45. The van der Waals surface area contributed by atoms with E-state index in [9.17, 15) is 14.9 Å². The van der Waals surface area contributed by atoms with Crippen LogP contribution in [0.25, 0.3) is 5.65 Å². The van der Waals surface area contributed by atoms with Crippen molar-refractivity contribution in [1.82, 2.24) is 9.38 Å². The van der Waals surface area contributed by atoms with Crippen molar-refractivity contribution in [2.24, 2.45) is 0 Å². The Morgan fingerprint density at radius 3 is 2.81 bits per heavy atom. The largest absolute Gasteiger partial charge is 0.478 e. The van der Waals surface area contributed by atoms with Crippen molar-refractivity contribution < 1.29 is 14.8 Å². The first-order valence-corrected chi connectivity index (χ1v) is 4.36.